The van der Waals surface area contributed by atoms with E-state index in [0.29, 0.717) is 16.5 Å². The highest BCUT2D eigenvalue weighted by molar-refractivity contribution is 6.36. The average Bonchev–Trinajstić information content (AvgIpc) is 2.92. The fourth-order valence-electron chi connectivity index (χ4n) is 2.68. The molecule has 6 heteroatoms. The maximum atomic E-state index is 12.8. The number of para-hydroxylation sites is 1. The minimum absolute atomic E-state index is 0.163. The summed E-state index contributed by atoms with van der Waals surface area (Å²) in [6, 6.07) is 12.0. The van der Waals surface area contributed by atoms with E-state index in [-0.39, 0.29) is 18.4 Å². The van der Waals surface area contributed by atoms with Crippen molar-refractivity contribution >= 4 is 23.0 Å². The first kappa shape index (κ1) is 16.0. The standard InChI is InChI=1S/C18H12F3NO2/c19-18(20,21)13-5-3-4-12(8-13)9-22-10-15(17(24)11-23)14-6-1-2-7-16(14)22/h1-8,10-11H,9H2. The lowest BCUT2D eigenvalue weighted by Gasteiger charge is -2.10. The van der Waals surface area contributed by atoms with Crippen molar-refractivity contribution < 1.29 is 22.8 Å². The molecule has 0 saturated heterocycles. The van der Waals surface area contributed by atoms with Crippen LogP contribution in [0.3, 0.4) is 0 Å². The Kier molecular flexibility index (Phi) is 3.97. The fourth-order valence-corrected chi connectivity index (χ4v) is 2.68. The number of fused-ring (bicyclic) bond motifs is 1. The summed E-state index contributed by atoms with van der Waals surface area (Å²) in [7, 11) is 0. The summed E-state index contributed by atoms with van der Waals surface area (Å²) in [4.78, 5) is 22.5. The highest BCUT2D eigenvalue weighted by atomic mass is 19.4. The first-order valence-corrected chi connectivity index (χ1v) is 7.13. The Morgan fingerprint density at radius 3 is 2.54 bits per heavy atom. The number of halogens is 3. The van der Waals surface area contributed by atoms with Crippen molar-refractivity contribution in [3.63, 3.8) is 0 Å². The zero-order chi connectivity index (χ0) is 17.3. The molecule has 3 nitrogen and oxygen atoms in total. The molecule has 0 spiro atoms. The van der Waals surface area contributed by atoms with Gasteiger partial charge in [0.05, 0.1) is 11.1 Å². The topological polar surface area (TPSA) is 39.1 Å². The lowest BCUT2D eigenvalue weighted by atomic mass is 10.1. The average molecular weight is 331 g/mol. The van der Waals surface area contributed by atoms with Crippen LogP contribution in [-0.4, -0.2) is 16.6 Å². The fraction of sp³-hybridized carbons (Fsp3) is 0.111. The summed E-state index contributed by atoms with van der Waals surface area (Å²) in [6.07, 6.45) is -2.68. The number of Topliss-reactive ketones (excluding diaryl/α,β-unsaturated/α-hetero) is 1. The number of rotatable bonds is 4. The zero-order valence-electron chi connectivity index (χ0n) is 12.4. The maximum absolute atomic E-state index is 12.8. The third-order valence-corrected chi connectivity index (χ3v) is 3.77. The number of carbonyl (C=O) groups excluding carboxylic acids is 2. The van der Waals surface area contributed by atoms with Gasteiger partial charge in [0.2, 0.25) is 5.78 Å². The van der Waals surface area contributed by atoms with E-state index in [0.717, 1.165) is 12.1 Å². The lowest BCUT2D eigenvalue weighted by molar-refractivity contribution is -0.137. The van der Waals surface area contributed by atoms with Crippen LogP contribution in [0.2, 0.25) is 0 Å². The Morgan fingerprint density at radius 1 is 1.08 bits per heavy atom. The van der Waals surface area contributed by atoms with E-state index in [1.54, 1.807) is 34.9 Å². The van der Waals surface area contributed by atoms with Crippen molar-refractivity contribution in [1.29, 1.82) is 0 Å². The Morgan fingerprint density at radius 2 is 1.83 bits per heavy atom. The number of aldehydes is 1. The number of ketones is 1. The summed E-state index contributed by atoms with van der Waals surface area (Å²) in [5.74, 6) is -0.658. The van der Waals surface area contributed by atoms with Crippen molar-refractivity contribution in [2.45, 2.75) is 12.7 Å². The van der Waals surface area contributed by atoms with Crippen LogP contribution >= 0.6 is 0 Å². The van der Waals surface area contributed by atoms with Gasteiger partial charge in [-0.05, 0) is 23.8 Å². The third kappa shape index (κ3) is 2.95. The SMILES string of the molecule is O=CC(=O)c1cn(Cc2cccc(C(F)(F)F)c2)c2ccccc12. The first-order chi connectivity index (χ1) is 11.4. The van der Waals surface area contributed by atoms with Gasteiger partial charge in [0.15, 0.2) is 6.29 Å². The molecule has 0 radical (unpaired) electrons. The molecule has 1 aromatic heterocycles. The van der Waals surface area contributed by atoms with Crippen molar-refractivity contribution in [2.24, 2.45) is 0 Å². The highest BCUT2D eigenvalue weighted by Gasteiger charge is 2.30. The summed E-state index contributed by atoms with van der Waals surface area (Å²) in [6.45, 7) is 0.163. The van der Waals surface area contributed by atoms with Crippen molar-refractivity contribution in [2.75, 3.05) is 0 Å². The van der Waals surface area contributed by atoms with E-state index in [1.165, 1.54) is 12.3 Å². The van der Waals surface area contributed by atoms with Crippen LogP contribution in [0.1, 0.15) is 21.5 Å². The maximum Gasteiger partial charge on any atom is 0.416 e. The molecule has 0 saturated carbocycles. The molecule has 0 atom stereocenters. The van der Waals surface area contributed by atoms with Gasteiger partial charge in [0.25, 0.3) is 0 Å². The van der Waals surface area contributed by atoms with Crippen LogP contribution < -0.4 is 0 Å². The Bertz CT molecular complexity index is 925. The molecule has 1 heterocycles. The van der Waals surface area contributed by atoms with E-state index in [1.807, 2.05) is 0 Å². The van der Waals surface area contributed by atoms with Gasteiger partial charge in [-0.25, -0.2) is 0 Å². The number of benzene rings is 2. The molecular formula is C18H12F3NO2. The van der Waals surface area contributed by atoms with E-state index >= 15 is 0 Å². The lowest BCUT2D eigenvalue weighted by Crippen LogP contribution is -2.06. The molecule has 122 valence electrons. The molecule has 0 bridgehead atoms. The van der Waals surface area contributed by atoms with Gasteiger partial charge in [-0.1, -0.05) is 30.3 Å². The smallest absolute Gasteiger partial charge is 0.342 e. The minimum Gasteiger partial charge on any atom is -0.342 e. The Labute approximate surface area is 135 Å². The Hall–Kier alpha value is -2.89. The van der Waals surface area contributed by atoms with Crippen LogP contribution in [0.4, 0.5) is 13.2 Å². The zero-order valence-corrected chi connectivity index (χ0v) is 12.4. The second-order valence-corrected chi connectivity index (χ2v) is 5.37. The Balaban J connectivity index is 2.05. The largest absolute Gasteiger partial charge is 0.416 e. The van der Waals surface area contributed by atoms with Gasteiger partial charge in [-0.2, -0.15) is 13.2 Å². The monoisotopic (exact) mass is 331 g/mol. The molecule has 0 N–H and O–H groups in total. The summed E-state index contributed by atoms with van der Waals surface area (Å²) < 4.78 is 40.1. The molecule has 24 heavy (non-hydrogen) atoms. The molecule has 0 amide bonds. The van der Waals surface area contributed by atoms with Gasteiger partial charge < -0.3 is 4.57 Å². The van der Waals surface area contributed by atoms with Crippen molar-refractivity contribution in [1.82, 2.24) is 4.57 Å². The summed E-state index contributed by atoms with van der Waals surface area (Å²) >= 11 is 0. The van der Waals surface area contributed by atoms with Crippen LogP contribution in [0.25, 0.3) is 10.9 Å². The quantitative estimate of drug-likeness (QED) is 0.410. The highest BCUT2D eigenvalue weighted by Crippen LogP contribution is 2.30. The van der Waals surface area contributed by atoms with Crippen molar-refractivity contribution in [3.8, 4) is 0 Å². The number of carbonyl (C=O) groups is 2. The number of hydrogen-bond acceptors (Lipinski definition) is 2. The molecular weight excluding hydrogens is 319 g/mol. The van der Waals surface area contributed by atoms with E-state index in [4.69, 9.17) is 0 Å². The van der Waals surface area contributed by atoms with Gasteiger partial charge in [-0.15, -0.1) is 0 Å². The second-order valence-electron chi connectivity index (χ2n) is 5.37. The van der Waals surface area contributed by atoms with Gasteiger partial charge in [0.1, 0.15) is 0 Å². The minimum atomic E-state index is -4.41. The first-order valence-electron chi connectivity index (χ1n) is 7.13. The third-order valence-electron chi connectivity index (χ3n) is 3.77. The molecule has 0 aliphatic rings. The molecule has 0 aliphatic carbocycles. The predicted molar refractivity (Wildman–Crippen MR) is 82.9 cm³/mol. The van der Waals surface area contributed by atoms with Gasteiger partial charge in [-0.3, -0.25) is 9.59 Å². The van der Waals surface area contributed by atoms with Gasteiger partial charge >= 0.3 is 6.18 Å². The van der Waals surface area contributed by atoms with E-state index < -0.39 is 17.5 Å². The summed E-state index contributed by atoms with van der Waals surface area (Å²) in [5, 5.41) is 0.599. The van der Waals surface area contributed by atoms with Gasteiger partial charge in [0, 0.05) is 23.6 Å². The van der Waals surface area contributed by atoms with Crippen LogP contribution in [0, 0.1) is 0 Å². The predicted octanol–water partition coefficient (Wildman–Crippen LogP) is 4.09. The molecule has 0 aliphatic heterocycles. The normalized spacial score (nSPS) is 11.6. The molecule has 0 fully saturated rings. The van der Waals surface area contributed by atoms with Crippen molar-refractivity contribution in [3.05, 3.63) is 71.4 Å². The molecule has 0 unspecified atom stereocenters. The number of nitrogens with zero attached hydrogens (tertiary/aromatic N) is 1. The number of aromatic nitrogens is 1. The molecule has 3 rings (SSSR count). The van der Waals surface area contributed by atoms with Crippen LogP contribution in [-0.2, 0) is 17.5 Å². The molecule has 3 aromatic rings. The van der Waals surface area contributed by atoms with Crippen LogP contribution in [0.15, 0.2) is 54.7 Å². The van der Waals surface area contributed by atoms with E-state index in [2.05, 4.69) is 0 Å². The molecule has 2 aromatic carbocycles. The number of alkyl halides is 3. The summed E-state index contributed by atoms with van der Waals surface area (Å²) in [5.41, 5.74) is 0.657. The van der Waals surface area contributed by atoms with E-state index in [9.17, 15) is 22.8 Å². The van der Waals surface area contributed by atoms with Crippen LogP contribution in [0.5, 0.6) is 0 Å². The number of hydrogen-bond donors (Lipinski definition) is 0. The second kappa shape index (κ2) is 5.96.